The molecule has 2 heterocycles. The summed E-state index contributed by atoms with van der Waals surface area (Å²) in [6.45, 7) is 5.64. The van der Waals surface area contributed by atoms with Crippen molar-refractivity contribution in [2.45, 2.75) is 44.8 Å². The smallest absolute Gasteiger partial charge is 0.256 e. The van der Waals surface area contributed by atoms with Crippen LogP contribution in [0.1, 0.15) is 56.1 Å². The maximum Gasteiger partial charge on any atom is 0.256 e. The van der Waals surface area contributed by atoms with Gasteiger partial charge < -0.3 is 14.6 Å². The van der Waals surface area contributed by atoms with Crippen molar-refractivity contribution >= 4 is 5.91 Å². The highest BCUT2D eigenvalue weighted by atomic mass is 16.3. The van der Waals surface area contributed by atoms with E-state index >= 15 is 0 Å². The molecule has 0 aliphatic carbocycles. The number of aromatic nitrogens is 2. The molecular formula is C19H25N3O2. The lowest BCUT2D eigenvalue weighted by Gasteiger charge is -2.33. The van der Waals surface area contributed by atoms with Gasteiger partial charge in [0.15, 0.2) is 6.10 Å². The number of aliphatic hydroxyl groups is 1. The molecule has 1 fully saturated rings. The minimum atomic E-state index is -1.07. The molecule has 1 aromatic carbocycles. The zero-order valence-electron chi connectivity index (χ0n) is 14.3. The molecule has 5 heteroatoms. The number of rotatable bonds is 4. The first-order valence-electron chi connectivity index (χ1n) is 8.62. The molecule has 1 aliphatic rings. The average Bonchev–Trinajstić information content (AvgIpc) is 3.11. The van der Waals surface area contributed by atoms with Gasteiger partial charge in [0.05, 0.1) is 0 Å². The van der Waals surface area contributed by atoms with Gasteiger partial charge in [-0.2, -0.15) is 0 Å². The molecule has 1 atom stereocenters. The van der Waals surface area contributed by atoms with Gasteiger partial charge >= 0.3 is 0 Å². The minimum Gasteiger partial charge on any atom is -0.378 e. The number of carbonyl (C=O) groups excluding carboxylic acids is 1. The Morgan fingerprint density at radius 3 is 2.50 bits per heavy atom. The van der Waals surface area contributed by atoms with Crippen LogP contribution in [-0.4, -0.2) is 38.6 Å². The van der Waals surface area contributed by atoms with E-state index in [9.17, 15) is 9.90 Å². The van der Waals surface area contributed by atoms with Gasteiger partial charge in [0.2, 0.25) is 0 Å². The Morgan fingerprint density at radius 2 is 1.88 bits per heavy atom. The number of imidazole rings is 1. The molecule has 2 aromatic rings. The summed E-state index contributed by atoms with van der Waals surface area (Å²) in [6.07, 6.45) is 4.58. The second-order valence-electron chi connectivity index (χ2n) is 6.70. The lowest BCUT2D eigenvalue weighted by Crippen LogP contribution is -2.41. The quantitative estimate of drug-likeness (QED) is 0.939. The number of likely N-dealkylation sites (tertiary alicyclic amines) is 1. The van der Waals surface area contributed by atoms with Crippen LogP contribution in [0.3, 0.4) is 0 Å². The minimum absolute atomic E-state index is 0.202. The first-order valence-corrected chi connectivity index (χ1v) is 8.62. The van der Waals surface area contributed by atoms with E-state index in [1.165, 1.54) is 0 Å². The van der Waals surface area contributed by atoms with Gasteiger partial charge in [0.1, 0.15) is 5.82 Å². The summed E-state index contributed by atoms with van der Waals surface area (Å²) < 4.78 is 2.21. The average molecular weight is 327 g/mol. The molecule has 0 saturated carbocycles. The van der Waals surface area contributed by atoms with Gasteiger partial charge in [-0.05, 0) is 32.3 Å². The lowest BCUT2D eigenvalue weighted by molar-refractivity contribution is -0.141. The second-order valence-corrected chi connectivity index (χ2v) is 6.70. The predicted molar refractivity (Wildman–Crippen MR) is 92.6 cm³/mol. The van der Waals surface area contributed by atoms with Crippen LogP contribution in [0, 0.1) is 0 Å². The van der Waals surface area contributed by atoms with Crippen LogP contribution >= 0.6 is 0 Å². The third-order valence-corrected chi connectivity index (χ3v) is 4.78. The number of aliphatic hydroxyl groups excluding tert-OH is 1. The van der Waals surface area contributed by atoms with Crippen LogP contribution in [0.4, 0.5) is 0 Å². The third-order valence-electron chi connectivity index (χ3n) is 4.78. The van der Waals surface area contributed by atoms with E-state index in [1.54, 1.807) is 17.0 Å². The Bertz CT molecular complexity index is 673. The highest BCUT2D eigenvalue weighted by Gasteiger charge is 2.30. The second kappa shape index (κ2) is 7.18. The summed E-state index contributed by atoms with van der Waals surface area (Å²) in [5.41, 5.74) is 0.653. The van der Waals surface area contributed by atoms with Crippen LogP contribution in [-0.2, 0) is 4.79 Å². The summed E-state index contributed by atoms with van der Waals surface area (Å²) in [7, 11) is 0. The molecule has 0 bridgehead atoms. The Labute approximate surface area is 142 Å². The first kappa shape index (κ1) is 16.7. The molecule has 0 unspecified atom stereocenters. The molecule has 128 valence electrons. The van der Waals surface area contributed by atoms with Crippen molar-refractivity contribution in [3.05, 3.63) is 54.1 Å². The number of benzene rings is 1. The van der Waals surface area contributed by atoms with Crippen molar-refractivity contribution in [2.24, 2.45) is 0 Å². The number of piperidine rings is 1. The molecule has 0 spiro atoms. The third kappa shape index (κ3) is 3.36. The number of carbonyl (C=O) groups is 1. The summed E-state index contributed by atoms with van der Waals surface area (Å²) in [4.78, 5) is 18.8. The molecule has 5 nitrogen and oxygen atoms in total. The number of nitrogens with zero attached hydrogens (tertiary/aromatic N) is 3. The van der Waals surface area contributed by atoms with E-state index in [1.807, 2.05) is 30.6 Å². The molecule has 1 N–H and O–H groups in total. The zero-order valence-corrected chi connectivity index (χ0v) is 14.3. The van der Waals surface area contributed by atoms with E-state index in [-0.39, 0.29) is 5.91 Å². The maximum absolute atomic E-state index is 12.5. The Kier molecular flexibility index (Phi) is 5.00. The Hall–Kier alpha value is -2.14. The van der Waals surface area contributed by atoms with Crippen LogP contribution in [0.15, 0.2) is 42.7 Å². The van der Waals surface area contributed by atoms with Crippen molar-refractivity contribution in [1.29, 1.82) is 0 Å². The lowest BCUT2D eigenvalue weighted by atomic mass is 9.95. The van der Waals surface area contributed by atoms with E-state index in [0.29, 0.717) is 30.6 Å². The van der Waals surface area contributed by atoms with E-state index in [0.717, 1.165) is 18.7 Å². The first-order chi connectivity index (χ1) is 11.6. The van der Waals surface area contributed by atoms with Gasteiger partial charge in [-0.3, -0.25) is 4.79 Å². The molecule has 24 heavy (non-hydrogen) atoms. The van der Waals surface area contributed by atoms with Gasteiger partial charge in [-0.15, -0.1) is 0 Å². The van der Waals surface area contributed by atoms with Gasteiger partial charge in [-0.1, -0.05) is 30.3 Å². The fourth-order valence-electron chi connectivity index (χ4n) is 3.39. The summed E-state index contributed by atoms with van der Waals surface area (Å²) in [5.74, 6) is 1.29. The fourth-order valence-corrected chi connectivity index (χ4v) is 3.39. The van der Waals surface area contributed by atoms with Gasteiger partial charge in [0, 0.05) is 37.4 Å². The standard InChI is InChI=1S/C19H25N3O2/c1-14(2)22-13-10-20-18(22)16-8-11-21(12-9-16)19(24)17(23)15-6-4-3-5-7-15/h3-7,10,13-14,16-17,23H,8-9,11-12H2,1-2H3/t17-/m1/s1. The van der Waals surface area contributed by atoms with Crippen LogP contribution in [0.5, 0.6) is 0 Å². The number of hydrogen-bond donors (Lipinski definition) is 1. The monoisotopic (exact) mass is 327 g/mol. The van der Waals surface area contributed by atoms with Crippen LogP contribution in [0.2, 0.25) is 0 Å². The fraction of sp³-hybridized carbons (Fsp3) is 0.474. The van der Waals surface area contributed by atoms with E-state index in [4.69, 9.17) is 0 Å². The van der Waals surface area contributed by atoms with Gasteiger partial charge in [0.25, 0.3) is 5.91 Å². The van der Waals surface area contributed by atoms with Crippen molar-refractivity contribution in [3.8, 4) is 0 Å². The van der Waals surface area contributed by atoms with Gasteiger partial charge in [-0.25, -0.2) is 4.98 Å². The summed E-state index contributed by atoms with van der Waals surface area (Å²) in [5, 5.41) is 10.3. The molecular weight excluding hydrogens is 302 g/mol. The molecule has 1 aromatic heterocycles. The van der Waals surface area contributed by atoms with Crippen molar-refractivity contribution in [1.82, 2.24) is 14.5 Å². The summed E-state index contributed by atoms with van der Waals surface area (Å²) >= 11 is 0. The van der Waals surface area contributed by atoms with Crippen molar-refractivity contribution < 1.29 is 9.90 Å². The molecule has 1 aliphatic heterocycles. The number of amides is 1. The van der Waals surface area contributed by atoms with Crippen LogP contribution in [0.25, 0.3) is 0 Å². The highest BCUT2D eigenvalue weighted by molar-refractivity contribution is 5.82. The van der Waals surface area contributed by atoms with Crippen LogP contribution < -0.4 is 0 Å². The highest BCUT2D eigenvalue weighted by Crippen LogP contribution is 2.29. The Balaban J connectivity index is 1.62. The zero-order chi connectivity index (χ0) is 17.1. The maximum atomic E-state index is 12.5. The molecule has 1 saturated heterocycles. The van der Waals surface area contributed by atoms with E-state index in [2.05, 4.69) is 23.4 Å². The topological polar surface area (TPSA) is 58.4 Å². The molecule has 1 amide bonds. The molecule has 0 radical (unpaired) electrons. The largest absolute Gasteiger partial charge is 0.378 e. The SMILES string of the molecule is CC(C)n1ccnc1C1CCN(C(=O)[C@H](O)c2ccccc2)CC1. The predicted octanol–water partition coefficient (Wildman–Crippen LogP) is 2.90. The number of hydrogen-bond acceptors (Lipinski definition) is 3. The Morgan fingerprint density at radius 1 is 1.21 bits per heavy atom. The summed E-state index contributed by atoms with van der Waals surface area (Å²) in [6, 6.07) is 9.52. The van der Waals surface area contributed by atoms with Crippen molar-refractivity contribution in [3.63, 3.8) is 0 Å². The molecule has 3 rings (SSSR count). The normalized spacial score (nSPS) is 17.2. The van der Waals surface area contributed by atoms with Crippen molar-refractivity contribution in [2.75, 3.05) is 13.1 Å². The van der Waals surface area contributed by atoms with E-state index < -0.39 is 6.10 Å².